The maximum atomic E-state index is 12.1. The molecule has 0 radical (unpaired) electrons. The molecule has 1 aliphatic rings. The Balaban J connectivity index is 1.62. The van der Waals surface area contributed by atoms with E-state index in [1.165, 1.54) is 30.0 Å². The zero-order chi connectivity index (χ0) is 17.8. The van der Waals surface area contributed by atoms with E-state index in [0.29, 0.717) is 17.0 Å². The number of nitro benzene ring substituents is 1. The fourth-order valence-electron chi connectivity index (χ4n) is 3.09. The van der Waals surface area contributed by atoms with Gasteiger partial charge in [-0.25, -0.2) is 0 Å². The van der Waals surface area contributed by atoms with Crippen molar-refractivity contribution in [2.45, 2.75) is 32.6 Å². The summed E-state index contributed by atoms with van der Waals surface area (Å²) in [6, 6.07) is 10.5. The van der Waals surface area contributed by atoms with Crippen LogP contribution in [0.4, 0.5) is 11.4 Å². The third kappa shape index (κ3) is 3.96. The Morgan fingerprint density at radius 1 is 1.20 bits per heavy atom. The van der Waals surface area contributed by atoms with Gasteiger partial charge in [0, 0.05) is 6.07 Å². The largest absolute Gasteiger partial charge is 0.484 e. The standard InChI is InChI=1S/C19H20N2O4/c1-13-17(7-4-8-18(13)21(23)24)20-19(22)12-25-16-10-9-14-5-2-3-6-15(14)11-16/h4,7-11H,2-3,5-6,12H2,1H3,(H,20,22). The number of nitrogens with zero attached hydrogens (tertiary/aromatic N) is 1. The Hall–Kier alpha value is -2.89. The molecular formula is C19H20N2O4. The van der Waals surface area contributed by atoms with Crippen molar-refractivity contribution in [3.63, 3.8) is 0 Å². The first-order valence-electron chi connectivity index (χ1n) is 8.33. The van der Waals surface area contributed by atoms with Gasteiger partial charge in [0.05, 0.1) is 16.2 Å². The molecule has 25 heavy (non-hydrogen) atoms. The highest BCUT2D eigenvalue weighted by molar-refractivity contribution is 5.93. The SMILES string of the molecule is Cc1c(NC(=O)COc2ccc3c(c2)CCCC3)cccc1[N+](=O)[O-]. The van der Waals surface area contributed by atoms with Crippen LogP contribution in [0.2, 0.25) is 0 Å². The average molecular weight is 340 g/mol. The topological polar surface area (TPSA) is 81.5 Å². The first kappa shape index (κ1) is 17.0. The zero-order valence-corrected chi connectivity index (χ0v) is 14.1. The minimum absolute atomic E-state index is 0.0200. The van der Waals surface area contributed by atoms with E-state index in [0.717, 1.165) is 12.8 Å². The molecule has 0 saturated carbocycles. The van der Waals surface area contributed by atoms with Crippen molar-refractivity contribution >= 4 is 17.3 Å². The molecule has 0 fully saturated rings. The summed E-state index contributed by atoms with van der Waals surface area (Å²) in [6.45, 7) is 1.47. The van der Waals surface area contributed by atoms with Gasteiger partial charge in [0.25, 0.3) is 11.6 Å². The molecule has 0 aliphatic heterocycles. The number of hydrogen-bond acceptors (Lipinski definition) is 4. The van der Waals surface area contributed by atoms with E-state index < -0.39 is 4.92 Å². The first-order chi connectivity index (χ1) is 12.0. The van der Waals surface area contributed by atoms with Crippen LogP contribution in [0.3, 0.4) is 0 Å². The molecule has 6 nitrogen and oxygen atoms in total. The van der Waals surface area contributed by atoms with Gasteiger partial charge in [0.2, 0.25) is 0 Å². The number of fused-ring (bicyclic) bond motifs is 1. The molecule has 0 bridgehead atoms. The Labute approximate surface area is 146 Å². The molecule has 2 aromatic rings. The van der Waals surface area contributed by atoms with Crippen LogP contribution in [-0.2, 0) is 17.6 Å². The van der Waals surface area contributed by atoms with Crippen LogP contribution in [0.5, 0.6) is 5.75 Å². The predicted octanol–water partition coefficient (Wildman–Crippen LogP) is 3.80. The van der Waals surface area contributed by atoms with E-state index in [-0.39, 0.29) is 18.2 Å². The normalized spacial score (nSPS) is 13.0. The van der Waals surface area contributed by atoms with Gasteiger partial charge in [-0.15, -0.1) is 0 Å². The van der Waals surface area contributed by atoms with E-state index in [9.17, 15) is 14.9 Å². The van der Waals surface area contributed by atoms with Crippen molar-refractivity contribution in [1.82, 2.24) is 0 Å². The number of nitrogens with one attached hydrogen (secondary N) is 1. The van der Waals surface area contributed by atoms with Gasteiger partial charge >= 0.3 is 0 Å². The third-order valence-corrected chi connectivity index (χ3v) is 4.47. The lowest BCUT2D eigenvalue weighted by Crippen LogP contribution is -2.21. The van der Waals surface area contributed by atoms with E-state index in [4.69, 9.17) is 4.74 Å². The lowest BCUT2D eigenvalue weighted by atomic mass is 9.92. The van der Waals surface area contributed by atoms with Gasteiger partial charge in [-0.2, -0.15) is 0 Å². The van der Waals surface area contributed by atoms with Gasteiger partial charge in [0.1, 0.15) is 5.75 Å². The van der Waals surface area contributed by atoms with Crippen molar-refractivity contribution in [3.05, 3.63) is 63.2 Å². The number of aryl methyl sites for hydroxylation is 2. The molecule has 0 aromatic heterocycles. The highest BCUT2D eigenvalue weighted by atomic mass is 16.6. The van der Waals surface area contributed by atoms with Gasteiger partial charge in [-0.1, -0.05) is 12.1 Å². The quantitative estimate of drug-likeness (QED) is 0.663. The average Bonchev–Trinajstić information content (AvgIpc) is 2.61. The second-order valence-electron chi connectivity index (χ2n) is 6.18. The fraction of sp³-hybridized carbons (Fsp3) is 0.316. The minimum atomic E-state index is -0.464. The summed E-state index contributed by atoms with van der Waals surface area (Å²) in [6.07, 6.45) is 4.55. The van der Waals surface area contributed by atoms with E-state index >= 15 is 0 Å². The number of rotatable bonds is 5. The maximum Gasteiger partial charge on any atom is 0.274 e. The molecule has 0 atom stereocenters. The molecule has 6 heteroatoms. The molecule has 2 aromatic carbocycles. The van der Waals surface area contributed by atoms with Gasteiger partial charge in [0.15, 0.2) is 6.61 Å². The molecule has 0 unspecified atom stereocenters. The molecule has 1 N–H and O–H groups in total. The Morgan fingerprint density at radius 3 is 2.72 bits per heavy atom. The number of nitro groups is 1. The summed E-state index contributed by atoms with van der Waals surface area (Å²) in [7, 11) is 0. The summed E-state index contributed by atoms with van der Waals surface area (Å²) < 4.78 is 5.58. The molecule has 3 rings (SSSR count). The number of benzene rings is 2. The predicted molar refractivity (Wildman–Crippen MR) is 95.0 cm³/mol. The molecule has 1 amide bonds. The van der Waals surface area contributed by atoms with Crippen molar-refractivity contribution in [1.29, 1.82) is 0 Å². The van der Waals surface area contributed by atoms with Crippen molar-refractivity contribution < 1.29 is 14.5 Å². The van der Waals surface area contributed by atoms with Crippen LogP contribution < -0.4 is 10.1 Å². The monoisotopic (exact) mass is 340 g/mol. The summed E-state index contributed by atoms with van der Waals surface area (Å²) in [5, 5.41) is 13.6. The number of anilines is 1. The summed E-state index contributed by atoms with van der Waals surface area (Å²) in [5.74, 6) is 0.327. The minimum Gasteiger partial charge on any atom is -0.484 e. The van der Waals surface area contributed by atoms with Crippen molar-refractivity contribution in [2.24, 2.45) is 0 Å². The number of ether oxygens (including phenoxy) is 1. The number of hydrogen-bond donors (Lipinski definition) is 1. The zero-order valence-electron chi connectivity index (χ0n) is 14.1. The Kier molecular flexibility index (Phi) is 4.97. The van der Waals surface area contributed by atoms with Gasteiger partial charge in [-0.05, 0) is 61.9 Å². The number of carbonyl (C=O) groups excluding carboxylic acids is 1. The van der Waals surface area contributed by atoms with Crippen molar-refractivity contribution in [3.8, 4) is 5.75 Å². The second kappa shape index (κ2) is 7.34. The van der Waals surface area contributed by atoms with Crippen LogP contribution in [0.1, 0.15) is 29.5 Å². The first-order valence-corrected chi connectivity index (χ1v) is 8.33. The van der Waals surface area contributed by atoms with Gasteiger partial charge in [-0.3, -0.25) is 14.9 Å². The smallest absolute Gasteiger partial charge is 0.274 e. The molecule has 130 valence electrons. The number of amides is 1. The van der Waals surface area contributed by atoms with E-state index in [1.807, 2.05) is 12.1 Å². The van der Waals surface area contributed by atoms with E-state index in [1.54, 1.807) is 19.1 Å². The lowest BCUT2D eigenvalue weighted by molar-refractivity contribution is -0.385. The highest BCUT2D eigenvalue weighted by Gasteiger charge is 2.15. The second-order valence-corrected chi connectivity index (χ2v) is 6.18. The van der Waals surface area contributed by atoms with Crippen LogP contribution >= 0.6 is 0 Å². The van der Waals surface area contributed by atoms with Crippen LogP contribution in [0, 0.1) is 17.0 Å². The highest BCUT2D eigenvalue weighted by Crippen LogP contribution is 2.26. The van der Waals surface area contributed by atoms with Gasteiger partial charge < -0.3 is 10.1 Å². The Morgan fingerprint density at radius 2 is 1.96 bits per heavy atom. The number of carbonyl (C=O) groups is 1. The van der Waals surface area contributed by atoms with Crippen LogP contribution in [-0.4, -0.2) is 17.4 Å². The summed E-state index contributed by atoms with van der Waals surface area (Å²) in [4.78, 5) is 22.6. The summed E-state index contributed by atoms with van der Waals surface area (Å²) in [5.41, 5.74) is 3.48. The summed E-state index contributed by atoms with van der Waals surface area (Å²) >= 11 is 0. The molecule has 1 aliphatic carbocycles. The Bertz CT molecular complexity index is 817. The fourth-order valence-corrected chi connectivity index (χ4v) is 3.09. The van der Waals surface area contributed by atoms with Crippen LogP contribution in [0.15, 0.2) is 36.4 Å². The lowest BCUT2D eigenvalue weighted by Gasteiger charge is -2.16. The molecular weight excluding hydrogens is 320 g/mol. The van der Waals surface area contributed by atoms with E-state index in [2.05, 4.69) is 11.4 Å². The van der Waals surface area contributed by atoms with Crippen LogP contribution in [0.25, 0.3) is 0 Å². The molecule has 0 saturated heterocycles. The third-order valence-electron chi connectivity index (χ3n) is 4.47. The molecule has 0 heterocycles. The maximum absolute atomic E-state index is 12.1. The van der Waals surface area contributed by atoms with Crippen molar-refractivity contribution in [2.75, 3.05) is 11.9 Å². The molecule has 0 spiro atoms.